The number of hydrogen-bond acceptors (Lipinski definition) is 4. The number of benzene rings is 3. The van der Waals surface area contributed by atoms with E-state index in [1.54, 1.807) is 20.3 Å². The van der Waals surface area contributed by atoms with Crippen LogP contribution in [0.1, 0.15) is 15.9 Å². The highest BCUT2D eigenvalue weighted by molar-refractivity contribution is 6.01. The van der Waals surface area contributed by atoms with Gasteiger partial charge in [0.2, 0.25) is 0 Å². The highest BCUT2D eigenvalue weighted by Crippen LogP contribution is 2.33. The fourth-order valence-electron chi connectivity index (χ4n) is 3.93. The van der Waals surface area contributed by atoms with Crippen molar-refractivity contribution in [1.29, 1.82) is 0 Å². The van der Waals surface area contributed by atoms with Gasteiger partial charge in [0, 0.05) is 22.7 Å². The molecule has 6 nitrogen and oxygen atoms in total. The number of aromatic nitrogens is 1. The molecule has 0 aliphatic rings. The van der Waals surface area contributed by atoms with E-state index < -0.39 is 6.04 Å². The van der Waals surface area contributed by atoms with Crippen LogP contribution in [0.15, 0.2) is 72.9 Å². The summed E-state index contributed by atoms with van der Waals surface area (Å²) < 4.78 is 10.7. The van der Waals surface area contributed by atoms with Crippen LogP contribution in [0.4, 0.5) is 0 Å². The van der Waals surface area contributed by atoms with Gasteiger partial charge >= 0.3 is 0 Å². The Labute approximate surface area is 186 Å². The minimum Gasteiger partial charge on any atom is -0.493 e. The second-order valence-corrected chi connectivity index (χ2v) is 7.53. The third kappa shape index (κ3) is 4.31. The minimum absolute atomic E-state index is 0.163. The molecule has 0 aliphatic heterocycles. The number of carbonyl (C=O) groups excluding carboxylic acids is 1. The summed E-state index contributed by atoms with van der Waals surface area (Å²) in [6.07, 6.45) is 2.45. The average molecular weight is 431 g/mol. The summed E-state index contributed by atoms with van der Waals surface area (Å²) in [4.78, 5) is 16.4. The lowest BCUT2D eigenvalue weighted by Gasteiger charge is -2.18. The highest BCUT2D eigenvalue weighted by Gasteiger charge is 2.19. The van der Waals surface area contributed by atoms with Gasteiger partial charge in [-0.3, -0.25) is 4.79 Å². The number of ether oxygens (including phenoxy) is 2. The Bertz CT molecular complexity index is 1230. The van der Waals surface area contributed by atoms with E-state index >= 15 is 0 Å². The maximum Gasteiger partial charge on any atom is 0.252 e. The highest BCUT2D eigenvalue weighted by atomic mass is 16.5. The Morgan fingerprint density at radius 3 is 2.53 bits per heavy atom. The molecule has 3 N–H and O–H groups in total. The summed E-state index contributed by atoms with van der Waals surface area (Å²) in [7, 11) is 3.17. The van der Waals surface area contributed by atoms with E-state index in [4.69, 9.17) is 9.47 Å². The predicted molar refractivity (Wildman–Crippen MR) is 125 cm³/mol. The number of amides is 1. The smallest absolute Gasteiger partial charge is 0.252 e. The number of methoxy groups -OCH3 is 2. The molecule has 0 radical (unpaired) electrons. The number of aromatic amines is 1. The third-order valence-corrected chi connectivity index (χ3v) is 5.56. The maximum atomic E-state index is 13.2. The van der Waals surface area contributed by atoms with Gasteiger partial charge in [-0.1, -0.05) is 42.5 Å². The van der Waals surface area contributed by atoms with Gasteiger partial charge in [-0.05, 0) is 47.4 Å². The lowest BCUT2D eigenvalue weighted by Crippen LogP contribution is -2.39. The van der Waals surface area contributed by atoms with Crippen LogP contribution in [0.5, 0.6) is 11.5 Å². The number of rotatable bonds is 8. The van der Waals surface area contributed by atoms with E-state index in [2.05, 4.69) is 10.3 Å². The minimum atomic E-state index is -0.417. The number of aliphatic hydroxyl groups is 1. The van der Waals surface area contributed by atoms with E-state index in [0.717, 1.165) is 27.6 Å². The van der Waals surface area contributed by atoms with Gasteiger partial charge in [0.1, 0.15) is 0 Å². The zero-order chi connectivity index (χ0) is 22.5. The standard InChI is InChI=1S/C26H26N2O4/c1-31-24-12-11-17(14-25(24)32-2)20-7-3-4-9-22(20)26(30)28-19(16-29)13-18-15-27-23-10-6-5-8-21(18)23/h3-12,14-15,19,27,29H,13,16H2,1-2H3,(H,28,30)/t19-/m0/s1. The van der Waals surface area contributed by atoms with Gasteiger partial charge < -0.3 is 24.9 Å². The molecule has 6 heteroatoms. The molecule has 0 fully saturated rings. The maximum absolute atomic E-state index is 13.2. The SMILES string of the molecule is COc1ccc(-c2ccccc2C(=O)N[C@H](CO)Cc2c[nH]c3ccccc23)cc1OC. The molecule has 1 heterocycles. The van der Waals surface area contributed by atoms with Crippen molar-refractivity contribution in [2.75, 3.05) is 20.8 Å². The predicted octanol–water partition coefficient (Wildman–Crippen LogP) is 4.19. The van der Waals surface area contributed by atoms with E-state index in [9.17, 15) is 9.90 Å². The number of carbonyl (C=O) groups is 1. The van der Waals surface area contributed by atoms with Crippen LogP contribution in [-0.2, 0) is 6.42 Å². The molecular weight excluding hydrogens is 404 g/mol. The molecule has 4 aromatic rings. The lowest BCUT2D eigenvalue weighted by atomic mass is 9.98. The largest absolute Gasteiger partial charge is 0.493 e. The van der Waals surface area contributed by atoms with Crippen molar-refractivity contribution in [3.63, 3.8) is 0 Å². The molecule has 1 aromatic heterocycles. The Morgan fingerprint density at radius 2 is 1.75 bits per heavy atom. The molecule has 0 saturated carbocycles. The first-order valence-electron chi connectivity index (χ1n) is 10.4. The van der Waals surface area contributed by atoms with Crippen molar-refractivity contribution in [2.24, 2.45) is 0 Å². The Kier molecular flexibility index (Phi) is 6.42. The Hall–Kier alpha value is -3.77. The van der Waals surface area contributed by atoms with Gasteiger partial charge in [-0.25, -0.2) is 0 Å². The van der Waals surface area contributed by atoms with Crippen molar-refractivity contribution in [3.05, 3.63) is 84.1 Å². The van der Waals surface area contributed by atoms with Crippen molar-refractivity contribution in [2.45, 2.75) is 12.5 Å². The number of para-hydroxylation sites is 1. The lowest BCUT2D eigenvalue weighted by molar-refractivity contribution is 0.0917. The Balaban J connectivity index is 1.58. The molecule has 164 valence electrons. The van der Waals surface area contributed by atoms with Gasteiger partial charge in [0.15, 0.2) is 11.5 Å². The number of nitrogens with one attached hydrogen (secondary N) is 2. The number of fused-ring (bicyclic) bond motifs is 1. The molecule has 0 bridgehead atoms. The molecule has 0 saturated heterocycles. The van der Waals surface area contributed by atoms with Crippen molar-refractivity contribution < 1.29 is 19.4 Å². The molecule has 4 rings (SSSR count). The second kappa shape index (κ2) is 9.58. The third-order valence-electron chi connectivity index (χ3n) is 5.56. The van der Waals surface area contributed by atoms with E-state index in [1.165, 1.54) is 0 Å². The van der Waals surface area contributed by atoms with E-state index in [1.807, 2.05) is 66.9 Å². The number of hydrogen-bond donors (Lipinski definition) is 3. The van der Waals surface area contributed by atoms with Gasteiger partial charge in [0.25, 0.3) is 5.91 Å². The number of H-pyrrole nitrogens is 1. The van der Waals surface area contributed by atoms with Crippen LogP contribution in [0.2, 0.25) is 0 Å². The van der Waals surface area contributed by atoms with Crippen molar-refractivity contribution >= 4 is 16.8 Å². The molecule has 1 atom stereocenters. The first kappa shape index (κ1) is 21.5. The summed E-state index contributed by atoms with van der Waals surface area (Å²) in [5.74, 6) is 0.972. The summed E-state index contributed by atoms with van der Waals surface area (Å²) in [6.45, 7) is -0.163. The quantitative estimate of drug-likeness (QED) is 0.392. The molecule has 32 heavy (non-hydrogen) atoms. The number of aliphatic hydroxyl groups excluding tert-OH is 1. The zero-order valence-electron chi connectivity index (χ0n) is 18.1. The van der Waals surface area contributed by atoms with Gasteiger partial charge in [0.05, 0.1) is 26.9 Å². The molecule has 0 unspecified atom stereocenters. The van der Waals surface area contributed by atoms with Crippen LogP contribution < -0.4 is 14.8 Å². The fraction of sp³-hybridized carbons (Fsp3) is 0.192. The second-order valence-electron chi connectivity index (χ2n) is 7.53. The van der Waals surface area contributed by atoms with Gasteiger partial charge in [-0.2, -0.15) is 0 Å². The first-order chi connectivity index (χ1) is 15.6. The van der Waals surface area contributed by atoms with Crippen LogP contribution in [0, 0.1) is 0 Å². The monoisotopic (exact) mass is 430 g/mol. The molecule has 0 spiro atoms. The van der Waals surface area contributed by atoms with Gasteiger partial charge in [-0.15, -0.1) is 0 Å². The fourth-order valence-corrected chi connectivity index (χ4v) is 3.93. The zero-order valence-corrected chi connectivity index (χ0v) is 18.1. The summed E-state index contributed by atoms with van der Waals surface area (Å²) in [6, 6.07) is 20.5. The normalized spacial score (nSPS) is 11.8. The summed E-state index contributed by atoms with van der Waals surface area (Å²) >= 11 is 0. The Morgan fingerprint density at radius 1 is 1.00 bits per heavy atom. The van der Waals surface area contributed by atoms with Crippen LogP contribution in [0.3, 0.4) is 0 Å². The molecule has 1 amide bonds. The van der Waals surface area contributed by atoms with Crippen molar-refractivity contribution in [3.8, 4) is 22.6 Å². The van der Waals surface area contributed by atoms with E-state index in [-0.39, 0.29) is 12.5 Å². The topological polar surface area (TPSA) is 83.6 Å². The van der Waals surface area contributed by atoms with Crippen molar-refractivity contribution in [1.82, 2.24) is 10.3 Å². The van der Waals surface area contributed by atoms with Crippen LogP contribution in [0.25, 0.3) is 22.0 Å². The van der Waals surface area contributed by atoms with Crippen LogP contribution >= 0.6 is 0 Å². The average Bonchev–Trinajstić information content (AvgIpc) is 3.25. The van der Waals surface area contributed by atoms with E-state index in [0.29, 0.717) is 23.5 Å². The molecular formula is C26H26N2O4. The molecule has 0 aliphatic carbocycles. The summed E-state index contributed by atoms with van der Waals surface area (Å²) in [5.41, 5.74) is 4.22. The summed E-state index contributed by atoms with van der Waals surface area (Å²) in [5, 5.41) is 14.0. The molecule has 3 aromatic carbocycles. The van der Waals surface area contributed by atoms with Crippen LogP contribution in [-0.4, -0.2) is 42.9 Å². The first-order valence-corrected chi connectivity index (χ1v) is 10.4.